The highest BCUT2D eigenvalue weighted by Gasteiger charge is 2.25. The smallest absolute Gasteiger partial charge is 0.322 e. The molecule has 0 aliphatic carbocycles. The average molecular weight is 267 g/mol. The van der Waals surface area contributed by atoms with Crippen molar-refractivity contribution in [3.8, 4) is 0 Å². The van der Waals surface area contributed by atoms with Crippen LogP contribution in [-0.4, -0.2) is 23.5 Å². The SMILES string of the molecule is CC[C@H]1CCCCN1C(=O)Nc1ccccc1Cl. The molecule has 0 unspecified atom stereocenters. The van der Waals surface area contributed by atoms with Gasteiger partial charge in [0.2, 0.25) is 0 Å². The molecule has 1 aliphatic rings. The van der Waals surface area contributed by atoms with E-state index < -0.39 is 0 Å². The third-order valence-electron chi connectivity index (χ3n) is 3.47. The van der Waals surface area contributed by atoms with Crippen molar-refractivity contribution in [2.24, 2.45) is 0 Å². The highest BCUT2D eigenvalue weighted by atomic mass is 35.5. The standard InChI is InChI=1S/C14H19ClN2O/c1-2-11-7-5-6-10-17(11)14(18)16-13-9-4-3-8-12(13)15/h3-4,8-9,11H,2,5-7,10H2,1H3,(H,16,18)/t11-/m0/s1. The topological polar surface area (TPSA) is 32.3 Å². The number of carbonyl (C=O) groups is 1. The number of urea groups is 1. The molecule has 0 bridgehead atoms. The number of carbonyl (C=O) groups excluding carboxylic acids is 1. The molecule has 0 aromatic heterocycles. The molecule has 1 aliphatic heterocycles. The normalized spacial score (nSPS) is 19.7. The van der Waals surface area contributed by atoms with Crippen LogP contribution in [0.1, 0.15) is 32.6 Å². The Bertz CT molecular complexity index is 422. The van der Waals surface area contributed by atoms with Crippen LogP contribution >= 0.6 is 11.6 Å². The van der Waals surface area contributed by atoms with Crippen LogP contribution in [0.3, 0.4) is 0 Å². The predicted octanol–water partition coefficient (Wildman–Crippen LogP) is 4.14. The number of benzene rings is 1. The predicted molar refractivity (Wildman–Crippen MR) is 75.1 cm³/mol. The maximum atomic E-state index is 12.2. The summed E-state index contributed by atoms with van der Waals surface area (Å²) in [6, 6.07) is 7.66. The van der Waals surface area contributed by atoms with E-state index in [1.54, 1.807) is 6.07 Å². The molecular formula is C14H19ClN2O. The van der Waals surface area contributed by atoms with E-state index in [-0.39, 0.29) is 6.03 Å². The third kappa shape index (κ3) is 2.96. The van der Waals surface area contributed by atoms with E-state index in [1.165, 1.54) is 6.42 Å². The van der Waals surface area contributed by atoms with Gasteiger partial charge in [-0.25, -0.2) is 4.79 Å². The minimum absolute atomic E-state index is 0.0327. The van der Waals surface area contributed by atoms with E-state index >= 15 is 0 Å². The Hall–Kier alpha value is -1.22. The van der Waals surface area contributed by atoms with Crippen molar-refractivity contribution in [3.63, 3.8) is 0 Å². The molecule has 0 spiro atoms. The van der Waals surface area contributed by atoms with Crippen LogP contribution in [0, 0.1) is 0 Å². The van der Waals surface area contributed by atoms with Gasteiger partial charge in [0.25, 0.3) is 0 Å². The highest BCUT2D eigenvalue weighted by molar-refractivity contribution is 6.33. The minimum atomic E-state index is -0.0327. The van der Waals surface area contributed by atoms with Gasteiger partial charge in [0.1, 0.15) is 0 Å². The molecule has 0 radical (unpaired) electrons. The maximum absolute atomic E-state index is 12.2. The molecule has 1 heterocycles. The number of hydrogen-bond acceptors (Lipinski definition) is 1. The lowest BCUT2D eigenvalue weighted by Gasteiger charge is -2.35. The van der Waals surface area contributed by atoms with Crippen LogP contribution in [0.5, 0.6) is 0 Å². The molecule has 0 saturated carbocycles. The quantitative estimate of drug-likeness (QED) is 0.857. The summed E-state index contributed by atoms with van der Waals surface area (Å²) in [5.74, 6) is 0. The number of rotatable bonds is 2. The number of nitrogens with one attached hydrogen (secondary N) is 1. The monoisotopic (exact) mass is 266 g/mol. The zero-order chi connectivity index (χ0) is 13.0. The lowest BCUT2D eigenvalue weighted by Crippen LogP contribution is -2.45. The van der Waals surface area contributed by atoms with Crippen molar-refractivity contribution >= 4 is 23.3 Å². The van der Waals surface area contributed by atoms with Crippen LogP contribution in [0.2, 0.25) is 5.02 Å². The molecule has 1 aromatic carbocycles. The summed E-state index contributed by atoms with van der Waals surface area (Å²) in [4.78, 5) is 14.2. The van der Waals surface area contributed by atoms with Crippen LogP contribution in [0.15, 0.2) is 24.3 Å². The van der Waals surface area contributed by atoms with Gasteiger partial charge >= 0.3 is 6.03 Å². The number of nitrogens with zero attached hydrogens (tertiary/aromatic N) is 1. The van der Waals surface area contributed by atoms with E-state index in [0.717, 1.165) is 25.8 Å². The lowest BCUT2D eigenvalue weighted by atomic mass is 10.0. The first kappa shape index (κ1) is 13.2. The van der Waals surface area contributed by atoms with Gasteiger partial charge < -0.3 is 10.2 Å². The Balaban J connectivity index is 2.05. The van der Waals surface area contributed by atoms with Gasteiger partial charge in [0, 0.05) is 12.6 Å². The van der Waals surface area contributed by atoms with Gasteiger partial charge in [-0.2, -0.15) is 0 Å². The van der Waals surface area contributed by atoms with Crippen molar-refractivity contribution < 1.29 is 4.79 Å². The summed E-state index contributed by atoms with van der Waals surface area (Å²) in [6.45, 7) is 2.97. The summed E-state index contributed by atoms with van der Waals surface area (Å²) >= 11 is 6.04. The first-order valence-electron chi connectivity index (χ1n) is 6.54. The Morgan fingerprint density at radius 1 is 1.44 bits per heavy atom. The molecule has 3 nitrogen and oxygen atoms in total. The first-order chi connectivity index (χ1) is 8.72. The number of para-hydroxylation sites is 1. The minimum Gasteiger partial charge on any atom is -0.322 e. The van der Waals surface area contributed by atoms with E-state index in [9.17, 15) is 4.79 Å². The molecule has 2 rings (SSSR count). The summed E-state index contributed by atoms with van der Waals surface area (Å²) in [6.07, 6.45) is 4.42. The fourth-order valence-corrected chi connectivity index (χ4v) is 2.62. The van der Waals surface area contributed by atoms with Crippen molar-refractivity contribution in [1.82, 2.24) is 4.90 Å². The summed E-state index contributed by atoms with van der Waals surface area (Å²) in [7, 11) is 0. The van der Waals surface area contributed by atoms with Crippen LogP contribution in [-0.2, 0) is 0 Å². The van der Waals surface area contributed by atoms with Gasteiger partial charge in [-0.15, -0.1) is 0 Å². The maximum Gasteiger partial charge on any atom is 0.322 e. The van der Waals surface area contributed by atoms with E-state index in [0.29, 0.717) is 16.8 Å². The third-order valence-corrected chi connectivity index (χ3v) is 3.80. The fraction of sp³-hybridized carbons (Fsp3) is 0.500. The van der Waals surface area contributed by atoms with Gasteiger partial charge in [-0.1, -0.05) is 30.7 Å². The zero-order valence-electron chi connectivity index (χ0n) is 10.7. The van der Waals surface area contributed by atoms with Gasteiger partial charge in [0.15, 0.2) is 0 Å². The van der Waals surface area contributed by atoms with Crippen LogP contribution < -0.4 is 5.32 Å². The zero-order valence-corrected chi connectivity index (χ0v) is 11.4. The number of anilines is 1. The summed E-state index contributed by atoms with van der Waals surface area (Å²) < 4.78 is 0. The van der Waals surface area contributed by atoms with Crippen LogP contribution in [0.4, 0.5) is 10.5 Å². The molecule has 4 heteroatoms. The second-order valence-electron chi connectivity index (χ2n) is 4.66. The molecule has 98 valence electrons. The molecule has 1 aromatic rings. The van der Waals surface area contributed by atoms with Crippen molar-refractivity contribution in [1.29, 1.82) is 0 Å². The average Bonchev–Trinajstić information content (AvgIpc) is 2.41. The van der Waals surface area contributed by atoms with E-state index in [4.69, 9.17) is 11.6 Å². The molecule has 1 saturated heterocycles. The molecule has 1 atom stereocenters. The van der Waals surface area contributed by atoms with E-state index in [2.05, 4.69) is 12.2 Å². The van der Waals surface area contributed by atoms with Gasteiger partial charge in [0.05, 0.1) is 10.7 Å². The van der Waals surface area contributed by atoms with Crippen LogP contribution in [0.25, 0.3) is 0 Å². The van der Waals surface area contributed by atoms with Crippen molar-refractivity contribution in [3.05, 3.63) is 29.3 Å². The lowest BCUT2D eigenvalue weighted by molar-refractivity contribution is 0.160. The fourth-order valence-electron chi connectivity index (χ4n) is 2.44. The summed E-state index contributed by atoms with van der Waals surface area (Å²) in [5, 5.41) is 3.48. The molecular weight excluding hydrogens is 248 g/mol. The Kier molecular flexibility index (Phi) is 4.48. The molecule has 2 amide bonds. The van der Waals surface area contributed by atoms with Crippen molar-refractivity contribution in [2.75, 3.05) is 11.9 Å². The van der Waals surface area contributed by atoms with Crippen molar-refractivity contribution in [2.45, 2.75) is 38.6 Å². The first-order valence-corrected chi connectivity index (χ1v) is 6.92. The second-order valence-corrected chi connectivity index (χ2v) is 5.07. The Morgan fingerprint density at radius 3 is 2.94 bits per heavy atom. The Labute approximate surface area is 113 Å². The Morgan fingerprint density at radius 2 is 2.22 bits per heavy atom. The molecule has 1 N–H and O–H groups in total. The van der Waals surface area contributed by atoms with E-state index in [1.807, 2.05) is 23.1 Å². The molecule has 18 heavy (non-hydrogen) atoms. The van der Waals surface area contributed by atoms with Gasteiger partial charge in [-0.05, 0) is 37.8 Å². The number of amides is 2. The number of halogens is 1. The number of likely N-dealkylation sites (tertiary alicyclic amines) is 1. The second kappa shape index (κ2) is 6.10. The molecule has 1 fully saturated rings. The summed E-state index contributed by atoms with van der Waals surface area (Å²) in [5.41, 5.74) is 0.685. The largest absolute Gasteiger partial charge is 0.322 e. The highest BCUT2D eigenvalue weighted by Crippen LogP contribution is 2.24. The number of hydrogen-bond donors (Lipinski definition) is 1. The van der Waals surface area contributed by atoms with Gasteiger partial charge in [-0.3, -0.25) is 0 Å². The number of piperidine rings is 1.